The van der Waals surface area contributed by atoms with Crippen LogP contribution < -0.4 is 5.32 Å². The molecule has 0 bridgehead atoms. The summed E-state index contributed by atoms with van der Waals surface area (Å²) in [6.07, 6.45) is -0.0760. The largest absolute Gasteiger partial charge is 0.326 e. The zero-order chi connectivity index (χ0) is 15.4. The van der Waals surface area contributed by atoms with Gasteiger partial charge in [-0.3, -0.25) is 4.79 Å². The minimum atomic E-state index is -0.983. The van der Waals surface area contributed by atoms with E-state index in [1.54, 1.807) is 25.1 Å². The maximum absolute atomic E-state index is 13.1. The van der Waals surface area contributed by atoms with Crippen molar-refractivity contribution in [3.05, 3.63) is 64.7 Å². The second kappa shape index (κ2) is 6.14. The van der Waals surface area contributed by atoms with E-state index in [1.165, 1.54) is 6.07 Å². The molecule has 0 saturated carbocycles. The fourth-order valence-corrected chi connectivity index (χ4v) is 1.86. The van der Waals surface area contributed by atoms with Gasteiger partial charge in [-0.25, -0.2) is 8.78 Å². The molecule has 1 amide bonds. The van der Waals surface area contributed by atoms with Crippen molar-refractivity contribution in [3.8, 4) is 6.07 Å². The van der Waals surface area contributed by atoms with Gasteiger partial charge in [0.1, 0.15) is 0 Å². The SMILES string of the molecule is Cc1ccc(C#N)cc1NC(=O)Cc1ccc(F)c(F)c1. The number of hydrogen-bond acceptors (Lipinski definition) is 2. The maximum atomic E-state index is 13.1. The molecule has 1 N–H and O–H groups in total. The van der Waals surface area contributed by atoms with Gasteiger partial charge in [-0.15, -0.1) is 0 Å². The molecule has 21 heavy (non-hydrogen) atoms. The third kappa shape index (κ3) is 3.63. The molecule has 2 aromatic rings. The average Bonchev–Trinajstić information content (AvgIpc) is 2.45. The Morgan fingerprint density at radius 3 is 2.62 bits per heavy atom. The Hall–Kier alpha value is -2.74. The molecule has 2 rings (SSSR count). The predicted molar refractivity (Wildman–Crippen MR) is 74.6 cm³/mol. The zero-order valence-corrected chi connectivity index (χ0v) is 11.3. The van der Waals surface area contributed by atoms with Crippen LogP contribution in [0.5, 0.6) is 0 Å². The molecule has 0 spiro atoms. The number of anilines is 1. The summed E-state index contributed by atoms with van der Waals surface area (Å²) in [5.41, 5.74) is 2.15. The molecule has 0 fully saturated rings. The van der Waals surface area contributed by atoms with E-state index in [4.69, 9.17) is 5.26 Å². The quantitative estimate of drug-likeness (QED) is 0.941. The van der Waals surface area contributed by atoms with E-state index in [0.29, 0.717) is 16.8 Å². The Bertz CT molecular complexity index is 736. The molecule has 0 saturated heterocycles. The molecule has 0 aliphatic rings. The van der Waals surface area contributed by atoms with E-state index in [2.05, 4.69) is 5.32 Å². The number of nitrogens with zero attached hydrogens (tertiary/aromatic N) is 1. The lowest BCUT2D eigenvalue weighted by molar-refractivity contribution is -0.115. The summed E-state index contributed by atoms with van der Waals surface area (Å²) >= 11 is 0. The van der Waals surface area contributed by atoms with E-state index in [0.717, 1.165) is 17.7 Å². The predicted octanol–water partition coefficient (Wildman–Crippen LogP) is 3.33. The standard InChI is InChI=1S/C16H12F2N2O/c1-10-2-3-12(9-19)7-15(10)20-16(21)8-11-4-5-13(17)14(18)6-11/h2-7H,8H2,1H3,(H,20,21). The van der Waals surface area contributed by atoms with Crippen LogP contribution in [0.15, 0.2) is 36.4 Å². The van der Waals surface area contributed by atoms with Crippen LogP contribution in [0, 0.1) is 29.9 Å². The Labute approximate surface area is 120 Å². The van der Waals surface area contributed by atoms with Crippen LogP contribution in [0.2, 0.25) is 0 Å². The van der Waals surface area contributed by atoms with Crippen LogP contribution in [0.25, 0.3) is 0 Å². The smallest absolute Gasteiger partial charge is 0.228 e. The number of rotatable bonds is 3. The van der Waals surface area contributed by atoms with E-state index in [-0.39, 0.29) is 12.3 Å². The fourth-order valence-electron chi connectivity index (χ4n) is 1.86. The van der Waals surface area contributed by atoms with E-state index < -0.39 is 11.6 Å². The lowest BCUT2D eigenvalue weighted by Gasteiger charge is -2.09. The summed E-state index contributed by atoms with van der Waals surface area (Å²) in [6, 6.07) is 10.3. The number of carbonyl (C=O) groups is 1. The molecule has 0 atom stereocenters. The maximum Gasteiger partial charge on any atom is 0.228 e. The summed E-state index contributed by atoms with van der Waals surface area (Å²) < 4.78 is 25.9. The lowest BCUT2D eigenvalue weighted by Crippen LogP contribution is -2.15. The number of halogens is 2. The van der Waals surface area contributed by atoms with Gasteiger partial charge in [0, 0.05) is 5.69 Å². The molecule has 0 aliphatic carbocycles. The van der Waals surface area contributed by atoms with E-state index in [9.17, 15) is 13.6 Å². The second-order valence-electron chi connectivity index (χ2n) is 4.61. The Kier molecular flexibility index (Phi) is 4.29. The normalized spacial score (nSPS) is 10.0. The number of amides is 1. The third-order valence-electron chi connectivity index (χ3n) is 2.99. The molecule has 5 heteroatoms. The number of nitrogens with one attached hydrogen (secondary N) is 1. The lowest BCUT2D eigenvalue weighted by atomic mass is 10.1. The van der Waals surface area contributed by atoms with Gasteiger partial charge < -0.3 is 5.32 Å². The van der Waals surface area contributed by atoms with Gasteiger partial charge in [0.05, 0.1) is 18.1 Å². The Balaban J connectivity index is 2.11. The van der Waals surface area contributed by atoms with Crippen molar-refractivity contribution < 1.29 is 13.6 Å². The van der Waals surface area contributed by atoms with Crippen molar-refractivity contribution in [1.29, 1.82) is 5.26 Å². The highest BCUT2D eigenvalue weighted by atomic mass is 19.2. The summed E-state index contributed by atoms with van der Waals surface area (Å²) in [5, 5.41) is 11.5. The highest BCUT2D eigenvalue weighted by Crippen LogP contribution is 2.17. The van der Waals surface area contributed by atoms with Crippen LogP contribution >= 0.6 is 0 Å². The van der Waals surface area contributed by atoms with Crippen LogP contribution in [0.4, 0.5) is 14.5 Å². The third-order valence-corrected chi connectivity index (χ3v) is 2.99. The van der Waals surface area contributed by atoms with Gasteiger partial charge >= 0.3 is 0 Å². The molecule has 3 nitrogen and oxygen atoms in total. The van der Waals surface area contributed by atoms with Crippen LogP contribution in [0.3, 0.4) is 0 Å². The fraction of sp³-hybridized carbons (Fsp3) is 0.125. The van der Waals surface area contributed by atoms with Gasteiger partial charge in [0.25, 0.3) is 0 Å². The molecule has 0 aromatic heterocycles. The van der Waals surface area contributed by atoms with Crippen molar-refractivity contribution in [3.63, 3.8) is 0 Å². The number of hydrogen-bond donors (Lipinski definition) is 1. The van der Waals surface area contributed by atoms with Crippen molar-refractivity contribution in [2.75, 3.05) is 5.32 Å². The summed E-state index contributed by atoms with van der Waals surface area (Å²) in [4.78, 5) is 11.9. The first kappa shape index (κ1) is 14.7. The summed E-state index contributed by atoms with van der Waals surface area (Å²) in [7, 11) is 0. The molecular formula is C16H12F2N2O. The number of benzene rings is 2. The number of aryl methyl sites for hydroxylation is 1. The molecule has 0 heterocycles. The van der Waals surface area contributed by atoms with Crippen molar-refractivity contribution in [2.45, 2.75) is 13.3 Å². The van der Waals surface area contributed by atoms with Crippen molar-refractivity contribution >= 4 is 11.6 Å². The van der Waals surface area contributed by atoms with Crippen LogP contribution in [0.1, 0.15) is 16.7 Å². The van der Waals surface area contributed by atoms with E-state index in [1.807, 2.05) is 6.07 Å². The summed E-state index contributed by atoms with van der Waals surface area (Å²) in [5.74, 6) is -2.29. The molecule has 0 aliphatic heterocycles. The topological polar surface area (TPSA) is 52.9 Å². The minimum absolute atomic E-state index is 0.0760. The highest BCUT2D eigenvalue weighted by Gasteiger charge is 2.09. The van der Waals surface area contributed by atoms with Gasteiger partial charge in [0.15, 0.2) is 11.6 Å². The summed E-state index contributed by atoms with van der Waals surface area (Å²) in [6.45, 7) is 1.80. The first-order chi connectivity index (χ1) is 9.99. The first-order valence-corrected chi connectivity index (χ1v) is 6.24. The first-order valence-electron chi connectivity index (χ1n) is 6.24. The monoisotopic (exact) mass is 286 g/mol. The number of nitriles is 1. The second-order valence-corrected chi connectivity index (χ2v) is 4.61. The van der Waals surface area contributed by atoms with Gasteiger partial charge in [0.2, 0.25) is 5.91 Å². The molecule has 106 valence electrons. The molecule has 0 radical (unpaired) electrons. The van der Waals surface area contributed by atoms with Crippen molar-refractivity contribution in [1.82, 2.24) is 0 Å². The molecular weight excluding hydrogens is 274 g/mol. The van der Waals surface area contributed by atoms with E-state index >= 15 is 0 Å². The average molecular weight is 286 g/mol. The van der Waals surface area contributed by atoms with Crippen molar-refractivity contribution in [2.24, 2.45) is 0 Å². The zero-order valence-electron chi connectivity index (χ0n) is 11.3. The minimum Gasteiger partial charge on any atom is -0.326 e. The molecule has 0 unspecified atom stereocenters. The van der Waals surface area contributed by atoms with Gasteiger partial charge in [-0.2, -0.15) is 5.26 Å². The van der Waals surface area contributed by atoms with Crippen LogP contribution in [-0.2, 0) is 11.2 Å². The van der Waals surface area contributed by atoms with Crippen LogP contribution in [-0.4, -0.2) is 5.91 Å². The molecule has 2 aromatic carbocycles. The van der Waals surface area contributed by atoms with Gasteiger partial charge in [-0.05, 0) is 42.3 Å². The van der Waals surface area contributed by atoms with Gasteiger partial charge in [-0.1, -0.05) is 12.1 Å². The highest BCUT2D eigenvalue weighted by molar-refractivity contribution is 5.93. The number of carbonyl (C=O) groups excluding carboxylic acids is 1. The Morgan fingerprint density at radius 2 is 1.95 bits per heavy atom. The Morgan fingerprint density at radius 1 is 1.19 bits per heavy atom.